The Morgan fingerprint density at radius 1 is 0.630 bits per heavy atom. The summed E-state index contributed by atoms with van der Waals surface area (Å²) >= 11 is 0. The molecule has 3 aliphatic carbocycles. The van der Waals surface area contributed by atoms with Gasteiger partial charge in [0.1, 0.15) is 23.0 Å². The molecule has 7 aromatic rings. The number of halogens is 3. The molecular weight excluding hydrogens is 1030 g/mol. The summed E-state index contributed by atoms with van der Waals surface area (Å²) in [6, 6.07) is 36.0. The van der Waals surface area contributed by atoms with Crippen molar-refractivity contribution in [3.8, 4) is 56.8 Å². The van der Waals surface area contributed by atoms with Crippen molar-refractivity contribution in [2.75, 3.05) is 21.3 Å². The van der Waals surface area contributed by atoms with Crippen molar-refractivity contribution in [3.05, 3.63) is 172 Å². The minimum absolute atomic E-state index is 0.0766. The third kappa shape index (κ3) is 10.6. The van der Waals surface area contributed by atoms with Crippen LogP contribution in [0.15, 0.2) is 127 Å². The van der Waals surface area contributed by atoms with Crippen LogP contribution < -0.4 is 28.4 Å². The number of alkyl halides is 3. The minimum Gasteiger partial charge on any atom is -0.497 e. The summed E-state index contributed by atoms with van der Waals surface area (Å²) in [5.41, 5.74) is 3.28. The number of carbonyl (C=O) groups is 2. The van der Waals surface area contributed by atoms with Crippen LogP contribution >= 0.6 is 0 Å². The number of benzene rings is 7. The second-order valence-electron chi connectivity index (χ2n) is 23.3. The first-order valence-electron chi connectivity index (χ1n) is 28.8. The Morgan fingerprint density at radius 2 is 1.20 bits per heavy atom. The highest BCUT2D eigenvalue weighted by Crippen LogP contribution is 2.61. The van der Waals surface area contributed by atoms with Gasteiger partial charge in [0.05, 0.1) is 38.4 Å². The summed E-state index contributed by atoms with van der Waals surface area (Å²) in [5.74, 6) is 4.03. The summed E-state index contributed by atoms with van der Waals surface area (Å²) in [6.07, 6.45) is 14.0. The van der Waals surface area contributed by atoms with Crippen molar-refractivity contribution < 1.29 is 51.2 Å². The molecule has 1 heterocycles. The van der Waals surface area contributed by atoms with Crippen LogP contribution in [0.1, 0.15) is 147 Å². The van der Waals surface area contributed by atoms with Crippen LogP contribution in [-0.2, 0) is 22.0 Å². The molecule has 0 atom stereocenters. The molecule has 0 amide bonds. The Hall–Kier alpha value is -7.53. The van der Waals surface area contributed by atoms with Gasteiger partial charge in [-0.25, -0.2) is 4.79 Å². The first kappa shape index (κ1) is 55.4. The van der Waals surface area contributed by atoms with E-state index in [0.29, 0.717) is 61.6 Å². The van der Waals surface area contributed by atoms with Crippen molar-refractivity contribution in [1.29, 1.82) is 0 Å². The predicted octanol–water partition coefficient (Wildman–Crippen LogP) is 17.8. The highest BCUT2D eigenvalue weighted by Gasteiger charge is 2.49. The Kier molecular flexibility index (Phi) is 15.3. The molecule has 2 saturated carbocycles. The number of carbonyl (C=O) groups excluding carboxylic acids is 2. The van der Waals surface area contributed by atoms with Crippen LogP contribution in [0.4, 0.5) is 13.2 Å². The van der Waals surface area contributed by atoms with Gasteiger partial charge in [-0.05, 0) is 180 Å². The van der Waals surface area contributed by atoms with Crippen LogP contribution in [0.3, 0.4) is 0 Å². The Labute approximate surface area is 473 Å². The van der Waals surface area contributed by atoms with Crippen molar-refractivity contribution in [2.45, 2.75) is 122 Å². The SMILES string of the molecule is CCCCCC1CCC(C2CCC(C(=O)Oc3ccc(-c4ccc(C(=O)Oc5cc6c7c(c8c(c6cc5OC)OC(c5ccc(OC)cc5)(c5ccc(OC)cc5)C=C8)C(C)(C)c5c-7cc(C)cc5C(F)(F)F)cc4)cc3)CC2)CC1. The van der Waals surface area contributed by atoms with Gasteiger partial charge in [0.15, 0.2) is 17.1 Å². The van der Waals surface area contributed by atoms with Crippen LogP contribution in [-0.4, -0.2) is 33.3 Å². The fourth-order valence-electron chi connectivity index (χ4n) is 13.8. The fourth-order valence-corrected chi connectivity index (χ4v) is 13.8. The fraction of sp³-hybridized carbons (Fsp3) is 0.371. The first-order chi connectivity index (χ1) is 39.0. The molecule has 8 nitrogen and oxygen atoms in total. The third-order valence-corrected chi connectivity index (χ3v) is 18.1. The smallest absolute Gasteiger partial charge is 0.416 e. The van der Waals surface area contributed by atoms with Gasteiger partial charge in [0.2, 0.25) is 0 Å². The van der Waals surface area contributed by atoms with Crippen molar-refractivity contribution in [2.24, 2.45) is 23.7 Å². The van der Waals surface area contributed by atoms with Crippen LogP contribution in [0, 0.1) is 30.6 Å². The van der Waals surface area contributed by atoms with Crippen LogP contribution in [0.2, 0.25) is 0 Å². The van der Waals surface area contributed by atoms with E-state index in [2.05, 4.69) is 6.92 Å². The molecule has 0 aromatic heterocycles. The molecule has 0 unspecified atom stereocenters. The largest absolute Gasteiger partial charge is 0.497 e. The lowest BCUT2D eigenvalue weighted by Gasteiger charge is -2.38. The van der Waals surface area contributed by atoms with E-state index < -0.39 is 28.7 Å². The van der Waals surface area contributed by atoms with Gasteiger partial charge in [-0.2, -0.15) is 13.2 Å². The summed E-state index contributed by atoms with van der Waals surface area (Å²) in [6.45, 7) is 7.58. The second kappa shape index (κ2) is 22.4. The van der Waals surface area contributed by atoms with Gasteiger partial charge in [-0.15, -0.1) is 0 Å². The van der Waals surface area contributed by atoms with E-state index in [1.54, 1.807) is 51.5 Å². The summed E-state index contributed by atoms with van der Waals surface area (Å²) < 4.78 is 82.5. The zero-order chi connectivity index (χ0) is 56.8. The number of aryl methyl sites for hydroxylation is 1. The van der Waals surface area contributed by atoms with E-state index in [-0.39, 0.29) is 34.5 Å². The zero-order valence-electron chi connectivity index (χ0n) is 47.4. The number of unbranched alkanes of at least 4 members (excludes halogenated alkanes) is 2. The molecule has 11 heteroatoms. The molecule has 0 spiro atoms. The Bertz CT molecular complexity index is 3440. The lowest BCUT2D eigenvalue weighted by Crippen LogP contribution is -2.35. The quantitative estimate of drug-likeness (QED) is 0.0570. The summed E-state index contributed by atoms with van der Waals surface area (Å²) in [5, 5.41) is 1.06. The number of hydrogen-bond acceptors (Lipinski definition) is 8. The Morgan fingerprint density at radius 3 is 1.77 bits per heavy atom. The van der Waals surface area contributed by atoms with Crippen molar-refractivity contribution >= 4 is 28.8 Å². The molecule has 1 aliphatic heterocycles. The number of ether oxygens (including phenoxy) is 6. The molecule has 0 radical (unpaired) electrons. The third-order valence-electron chi connectivity index (χ3n) is 18.1. The molecule has 0 saturated heterocycles. The molecular formula is C70H71F3O8. The highest BCUT2D eigenvalue weighted by molar-refractivity contribution is 6.10. The molecule has 0 N–H and O–H groups in total. The molecule has 81 heavy (non-hydrogen) atoms. The van der Waals surface area contributed by atoms with E-state index in [4.69, 9.17) is 28.4 Å². The van der Waals surface area contributed by atoms with Gasteiger partial charge in [0, 0.05) is 27.5 Å². The highest BCUT2D eigenvalue weighted by atomic mass is 19.4. The van der Waals surface area contributed by atoms with Gasteiger partial charge < -0.3 is 28.4 Å². The molecule has 0 bridgehead atoms. The second-order valence-corrected chi connectivity index (χ2v) is 23.3. The van der Waals surface area contributed by atoms with Gasteiger partial charge >= 0.3 is 18.1 Å². The number of methoxy groups -OCH3 is 3. The van der Waals surface area contributed by atoms with Crippen molar-refractivity contribution in [1.82, 2.24) is 0 Å². The predicted molar refractivity (Wildman–Crippen MR) is 312 cm³/mol. The minimum atomic E-state index is -4.65. The topological polar surface area (TPSA) is 89.5 Å². The lowest BCUT2D eigenvalue weighted by atomic mass is 9.68. The molecule has 420 valence electrons. The van der Waals surface area contributed by atoms with Gasteiger partial charge in [-0.1, -0.05) is 120 Å². The van der Waals surface area contributed by atoms with Crippen LogP contribution in [0.5, 0.6) is 34.5 Å². The average Bonchev–Trinajstić information content (AvgIpc) is 2.33. The van der Waals surface area contributed by atoms with E-state index in [9.17, 15) is 9.59 Å². The normalized spacial score (nSPS) is 19.6. The average molecular weight is 1100 g/mol. The monoisotopic (exact) mass is 1100 g/mol. The maximum atomic E-state index is 15.3. The Balaban J connectivity index is 0.866. The van der Waals surface area contributed by atoms with E-state index in [1.807, 2.05) is 111 Å². The molecule has 4 aliphatic rings. The number of fused-ring (bicyclic) bond motifs is 8. The summed E-state index contributed by atoms with van der Waals surface area (Å²) in [4.78, 5) is 27.6. The molecule has 2 fully saturated rings. The first-order valence-corrected chi connectivity index (χ1v) is 28.8. The van der Waals surface area contributed by atoms with E-state index in [0.717, 1.165) is 65.7 Å². The maximum absolute atomic E-state index is 15.3. The van der Waals surface area contributed by atoms with Crippen molar-refractivity contribution in [3.63, 3.8) is 0 Å². The van der Waals surface area contributed by atoms with E-state index >= 15 is 13.2 Å². The van der Waals surface area contributed by atoms with Gasteiger partial charge in [0.25, 0.3) is 0 Å². The van der Waals surface area contributed by atoms with Gasteiger partial charge in [-0.3, -0.25) is 4.79 Å². The number of rotatable bonds is 15. The number of esters is 2. The van der Waals surface area contributed by atoms with Crippen LogP contribution in [0.25, 0.3) is 39.1 Å². The maximum Gasteiger partial charge on any atom is 0.416 e. The van der Waals surface area contributed by atoms with E-state index in [1.165, 1.54) is 64.5 Å². The number of hydrogen-bond donors (Lipinski definition) is 0. The summed E-state index contributed by atoms with van der Waals surface area (Å²) in [7, 11) is 4.67. The molecule has 7 aromatic carbocycles. The lowest BCUT2D eigenvalue weighted by molar-refractivity contribution is -0.140. The zero-order valence-corrected chi connectivity index (χ0v) is 47.4. The molecule has 11 rings (SSSR count). The standard InChI is InChI=1S/C70H71F3O8/c1-8-9-10-11-43-12-14-44(15-13-43)45-16-20-48(21-17-45)66(74)79-54-30-24-47(25-31-54)46-18-22-49(23-19-46)67(75)80-61-40-56-57(41-60(61)78-7)65-55(64-62(56)58-38-42(2)39-59(70(71,72)73)63(58)68(64,3)4)36-37-69(81-65,50-26-32-52(76-5)33-27-50)51-28-34-53(77-6)35-29-51/h18-19,22-41,43-45,48H,8-17,20-21H2,1-7H3.